The molecule has 1 aliphatic rings. The van der Waals surface area contributed by atoms with Crippen molar-refractivity contribution in [2.24, 2.45) is 4.99 Å². The van der Waals surface area contributed by atoms with Gasteiger partial charge in [0.15, 0.2) is 5.96 Å². The van der Waals surface area contributed by atoms with E-state index in [1.54, 1.807) is 11.9 Å². The van der Waals surface area contributed by atoms with Crippen molar-refractivity contribution in [1.29, 1.82) is 0 Å². The first-order chi connectivity index (χ1) is 12.6. The Bertz CT molecular complexity index is 593. The van der Waals surface area contributed by atoms with Crippen LogP contribution in [-0.4, -0.2) is 62.9 Å². The van der Waals surface area contributed by atoms with Crippen LogP contribution in [0.15, 0.2) is 33.7 Å². The third-order valence-corrected chi connectivity index (χ3v) is 4.59. The Labute approximate surface area is 186 Å². The number of benzene rings is 1. The Morgan fingerprint density at radius 3 is 2.56 bits per heavy atom. The predicted octanol–water partition coefficient (Wildman–Crippen LogP) is 3.23. The van der Waals surface area contributed by atoms with Gasteiger partial charge in [0, 0.05) is 30.7 Å². The molecule has 2 rings (SSSR count). The molecule has 1 aromatic carbocycles. The maximum atomic E-state index is 11.7. The van der Waals surface area contributed by atoms with E-state index in [9.17, 15) is 4.79 Å². The molecule has 0 aliphatic carbocycles. The third-order valence-electron chi connectivity index (χ3n) is 4.06. The summed E-state index contributed by atoms with van der Waals surface area (Å²) in [6.07, 6.45) is 1.52. The minimum absolute atomic E-state index is 0. The predicted molar refractivity (Wildman–Crippen MR) is 121 cm³/mol. The van der Waals surface area contributed by atoms with Gasteiger partial charge in [-0.1, -0.05) is 15.9 Å². The van der Waals surface area contributed by atoms with Gasteiger partial charge < -0.3 is 25.0 Å². The molecule has 2 N–H and O–H groups in total. The monoisotopic (exact) mass is 554 g/mol. The highest BCUT2D eigenvalue weighted by Crippen LogP contribution is 2.15. The van der Waals surface area contributed by atoms with Gasteiger partial charge in [-0.15, -0.1) is 24.0 Å². The van der Waals surface area contributed by atoms with E-state index < -0.39 is 0 Å². The van der Waals surface area contributed by atoms with Crippen LogP contribution < -0.4 is 15.4 Å². The molecule has 0 saturated carbocycles. The van der Waals surface area contributed by atoms with Crippen molar-refractivity contribution in [2.45, 2.75) is 25.8 Å². The van der Waals surface area contributed by atoms with E-state index in [4.69, 9.17) is 9.47 Å². The van der Waals surface area contributed by atoms with Crippen LogP contribution in [0.25, 0.3) is 0 Å². The number of amides is 1. The van der Waals surface area contributed by atoms with E-state index >= 15 is 0 Å². The highest BCUT2D eigenvalue weighted by Gasteiger charge is 2.23. The molecule has 1 heterocycles. The largest absolute Gasteiger partial charge is 0.492 e. The van der Waals surface area contributed by atoms with Crippen LogP contribution in [0.2, 0.25) is 0 Å². The molecule has 152 valence electrons. The summed E-state index contributed by atoms with van der Waals surface area (Å²) in [5.74, 6) is 1.59. The van der Waals surface area contributed by atoms with Crippen molar-refractivity contribution in [3.63, 3.8) is 0 Å². The first kappa shape index (κ1) is 23.8. The Balaban J connectivity index is 0.00000364. The SMILES string of the molecule is CCOC(=O)N1CCC(NC(=NC)NCCOc2ccc(Br)cc2)CC1.I. The van der Waals surface area contributed by atoms with Gasteiger partial charge >= 0.3 is 6.09 Å². The van der Waals surface area contributed by atoms with Crippen molar-refractivity contribution in [2.75, 3.05) is 39.9 Å². The van der Waals surface area contributed by atoms with E-state index in [-0.39, 0.29) is 30.1 Å². The minimum Gasteiger partial charge on any atom is -0.492 e. The number of halogens is 2. The second kappa shape index (κ2) is 13.0. The van der Waals surface area contributed by atoms with E-state index in [1.807, 2.05) is 31.2 Å². The number of likely N-dealkylation sites (tertiary alicyclic amines) is 1. The lowest BCUT2D eigenvalue weighted by atomic mass is 10.1. The first-order valence-corrected chi connectivity index (χ1v) is 9.69. The van der Waals surface area contributed by atoms with Crippen molar-refractivity contribution >= 4 is 52.0 Å². The number of hydrogen-bond acceptors (Lipinski definition) is 4. The van der Waals surface area contributed by atoms with Crippen LogP contribution in [0.3, 0.4) is 0 Å². The summed E-state index contributed by atoms with van der Waals surface area (Å²) in [6, 6.07) is 8.04. The molecule has 1 fully saturated rings. The molecule has 1 aromatic rings. The van der Waals surface area contributed by atoms with Gasteiger partial charge in [0.2, 0.25) is 0 Å². The number of ether oxygens (including phenoxy) is 2. The summed E-state index contributed by atoms with van der Waals surface area (Å²) < 4.78 is 11.8. The average molecular weight is 555 g/mol. The lowest BCUT2D eigenvalue weighted by Crippen LogP contribution is -2.50. The molecule has 1 amide bonds. The smallest absolute Gasteiger partial charge is 0.409 e. The Morgan fingerprint density at radius 1 is 1.30 bits per heavy atom. The van der Waals surface area contributed by atoms with E-state index in [0.717, 1.165) is 29.0 Å². The molecule has 0 radical (unpaired) electrons. The molecule has 0 unspecified atom stereocenters. The number of nitrogens with one attached hydrogen (secondary N) is 2. The zero-order valence-electron chi connectivity index (χ0n) is 15.7. The number of hydrogen-bond donors (Lipinski definition) is 2. The van der Waals surface area contributed by atoms with Crippen LogP contribution >= 0.6 is 39.9 Å². The van der Waals surface area contributed by atoms with E-state index in [1.165, 1.54) is 0 Å². The van der Waals surface area contributed by atoms with E-state index in [2.05, 4.69) is 31.6 Å². The van der Waals surface area contributed by atoms with Crippen molar-refractivity contribution in [3.05, 3.63) is 28.7 Å². The van der Waals surface area contributed by atoms with Gasteiger partial charge in [-0.2, -0.15) is 0 Å². The third kappa shape index (κ3) is 8.54. The number of carbonyl (C=O) groups excluding carboxylic acids is 1. The number of carbonyl (C=O) groups is 1. The zero-order chi connectivity index (χ0) is 18.8. The molecule has 7 nitrogen and oxygen atoms in total. The van der Waals surface area contributed by atoms with Crippen LogP contribution in [0.4, 0.5) is 4.79 Å². The molecule has 0 aromatic heterocycles. The zero-order valence-corrected chi connectivity index (χ0v) is 19.7. The molecule has 27 heavy (non-hydrogen) atoms. The number of rotatable bonds is 6. The van der Waals surface area contributed by atoms with Crippen LogP contribution in [0.1, 0.15) is 19.8 Å². The van der Waals surface area contributed by atoms with Crippen molar-refractivity contribution in [3.8, 4) is 5.75 Å². The molecule has 0 atom stereocenters. The van der Waals surface area contributed by atoms with Crippen LogP contribution in [0, 0.1) is 0 Å². The molecule has 0 spiro atoms. The fraction of sp³-hybridized carbons (Fsp3) is 0.556. The van der Waals surface area contributed by atoms with Crippen LogP contribution in [0.5, 0.6) is 5.75 Å². The Morgan fingerprint density at radius 2 is 1.96 bits per heavy atom. The maximum Gasteiger partial charge on any atom is 0.409 e. The molecule has 1 saturated heterocycles. The molecular weight excluding hydrogens is 527 g/mol. The second-order valence-electron chi connectivity index (χ2n) is 5.91. The summed E-state index contributed by atoms with van der Waals surface area (Å²) in [7, 11) is 1.75. The maximum absolute atomic E-state index is 11.7. The first-order valence-electron chi connectivity index (χ1n) is 8.89. The lowest BCUT2D eigenvalue weighted by molar-refractivity contribution is 0.0963. The Hall–Kier alpha value is -1.23. The van der Waals surface area contributed by atoms with Gasteiger partial charge in [0.25, 0.3) is 0 Å². The van der Waals surface area contributed by atoms with Gasteiger partial charge in [-0.05, 0) is 44.0 Å². The second-order valence-corrected chi connectivity index (χ2v) is 6.82. The standard InChI is InChI=1S/C18H27BrN4O3.HI/c1-3-25-18(24)23-11-8-15(9-12-23)22-17(20-2)21-10-13-26-16-6-4-14(19)5-7-16;/h4-7,15H,3,8-13H2,1-2H3,(H2,20,21,22);1H. The van der Waals surface area contributed by atoms with Gasteiger partial charge in [0.1, 0.15) is 12.4 Å². The lowest BCUT2D eigenvalue weighted by Gasteiger charge is -2.32. The summed E-state index contributed by atoms with van der Waals surface area (Å²) in [5, 5.41) is 6.65. The quantitative estimate of drug-likeness (QED) is 0.244. The van der Waals surface area contributed by atoms with Crippen molar-refractivity contribution in [1.82, 2.24) is 15.5 Å². The Kier molecular flexibility index (Phi) is 11.5. The molecule has 9 heteroatoms. The fourth-order valence-corrected chi connectivity index (χ4v) is 2.94. The van der Waals surface area contributed by atoms with Gasteiger partial charge in [0.05, 0.1) is 13.2 Å². The van der Waals surface area contributed by atoms with Crippen LogP contribution in [-0.2, 0) is 4.74 Å². The minimum atomic E-state index is -0.224. The van der Waals surface area contributed by atoms with E-state index in [0.29, 0.717) is 38.9 Å². The summed E-state index contributed by atoms with van der Waals surface area (Å²) >= 11 is 3.40. The summed E-state index contributed by atoms with van der Waals surface area (Å²) in [6.45, 7) is 4.82. The molecule has 1 aliphatic heterocycles. The average Bonchev–Trinajstić information content (AvgIpc) is 2.66. The highest BCUT2D eigenvalue weighted by atomic mass is 127. The fourth-order valence-electron chi connectivity index (χ4n) is 2.68. The van der Waals surface area contributed by atoms with Gasteiger partial charge in [-0.3, -0.25) is 4.99 Å². The van der Waals surface area contributed by atoms with Crippen molar-refractivity contribution < 1.29 is 14.3 Å². The number of guanidine groups is 1. The molecule has 0 bridgehead atoms. The molecular formula is C18H28BrIN4O3. The highest BCUT2D eigenvalue weighted by molar-refractivity contribution is 14.0. The summed E-state index contributed by atoms with van der Waals surface area (Å²) in [5.41, 5.74) is 0. The number of aliphatic imine (C=N–C) groups is 1. The number of piperidine rings is 1. The normalized spacial score (nSPS) is 14.9. The summed E-state index contributed by atoms with van der Waals surface area (Å²) in [4.78, 5) is 17.7. The topological polar surface area (TPSA) is 75.2 Å². The number of nitrogens with zero attached hydrogens (tertiary/aromatic N) is 2. The van der Waals surface area contributed by atoms with Gasteiger partial charge in [-0.25, -0.2) is 4.79 Å².